The van der Waals surface area contributed by atoms with Crippen molar-refractivity contribution in [1.29, 1.82) is 0 Å². The second kappa shape index (κ2) is 5.25. The lowest BCUT2D eigenvalue weighted by molar-refractivity contribution is -0.115. The Labute approximate surface area is 138 Å². The highest BCUT2D eigenvalue weighted by Crippen LogP contribution is 2.68. The zero-order valence-corrected chi connectivity index (χ0v) is 14.4. The fraction of sp³-hybridized carbons (Fsp3) is 0.650. The summed E-state index contributed by atoms with van der Waals surface area (Å²) in [5.74, 6) is 3.15. The predicted octanol–water partition coefficient (Wildman–Crippen LogP) is 4.10. The predicted molar refractivity (Wildman–Crippen MR) is 89.8 cm³/mol. The number of carbonyl (C=O) groups excluding carboxylic acids is 1. The van der Waals surface area contributed by atoms with E-state index >= 15 is 0 Å². The van der Waals surface area contributed by atoms with Gasteiger partial charge in [0.1, 0.15) is 5.76 Å². The van der Waals surface area contributed by atoms with Crippen molar-refractivity contribution in [2.45, 2.75) is 58.9 Å². The third-order valence-corrected chi connectivity index (χ3v) is 6.58. The van der Waals surface area contributed by atoms with Crippen LogP contribution in [0.2, 0.25) is 0 Å². The lowest BCUT2D eigenvalue weighted by Crippen LogP contribution is -2.33. The van der Waals surface area contributed by atoms with E-state index in [9.17, 15) is 4.79 Å². The zero-order valence-electron chi connectivity index (χ0n) is 14.4. The number of hydrogen-bond acceptors (Lipinski definition) is 3. The van der Waals surface area contributed by atoms with Crippen LogP contribution in [-0.2, 0) is 11.2 Å². The molecule has 1 heterocycles. The number of nitrogens with one attached hydrogen (secondary N) is 1. The zero-order chi connectivity index (χ0) is 16.2. The van der Waals surface area contributed by atoms with E-state index in [2.05, 4.69) is 32.2 Å². The van der Waals surface area contributed by atoms with Gasteiger partial charge in [0.25, 0.3) is 0 Å². The summed E-state index contributed by atoms with van der Waals surface area (Å²) in [4.78, 5) is 12.3. The van der Waals surface area contributed by atoms with Crippen molar-refractivity contribution in [3.8, 4) is 0 Å². The summed E-state index contributed by atoms with van der Waals surface area (Å²) in [5.41, 5.74) is 2.57. The average molecular weight is 313 g/mol. The molecule has 1 aromatic heterocycles. The lowest BCUT2D eigenvalue weighted by Gasteiger charge is -2.23. The Bertz CT molecular complexity index is 641. The first-order valence-electron chi connectivity index (χ1n) is 9.01. The van der Waals surface area contributed by atoms with Crippen LogP contribution < -0.4 is 5.32 Å². The van der Waals surface area contributed by atoms with Gasteiger partial charge in [0.15, 0.2) is 5.78 Å². The van der Waals surface area contributed by atoms with Gasteiger partial charge < -0.3 is 9.73 Å². The molecule has 3 fully saturated rings. The van der Waals surface area contributed by atoms with Crippen LogP contribution >= 0.6 is 0 Å². The van der Waals surface area contributed by atoms with Crippen LogP contribution in [0.15, 0.2) is 34.1 Å². The lowest BCUT2D eigenvalue weighted by atomic mass is 9.94. The molecule has 1 aromatic rings. The van der Waals surface area contributed by atoms with Gasteiger partial charge in [-0.1, -0.05) is 20.3 Å². The quantitative estimate of drug-likeness (QED) is 0.851. The molecule has 3 nitrogen and oxygen atoms in total. The second-order valence-corrected chi connectivity index (χ2v) is 8.30. The summed E-state index contributed by atoms with van der Waals surface area (Å²) in [7, 11) is 0. The number of Topliss-reactive ketones (excluding diaryl/α,β-unsaturated/α-hetero) is 1. The molecule has 4 atom stereocenters. The highest BCUT2D eigenvalue weighted by Gasteiger charge is 2.65. The first kappa shape index (κ1) is 15.0. The van der Waals surface area contributed by atoms with Crippen LogP contribution in [0.25, 0.3) is 0 Å². The number of ketones is 1. The maximum Gasteiger partial charge on any atom is 0.161 e. The van der Waals surface area contributed by atoms with Crippen molar-refractivity contribution < 1.29 is 9.21 Å². The van der Waals surface area contributed by atoms with E-state index in [1.165, 1.54) is 19.3 Å². The number of fused-ring (bicyclic) bond motifs is 1. The third-order valence-electron chi connectivity index (χ3n) is 6.58. The van der Waals surface area contributed by atoms with Gasteiger partial charge >= 0.3 is 0 Å². The smallest absolute Gasteiger partial charge is 0.161 e. The van der Waals surface area contributed by atoms with Gasteiger partial charge in [-0.15, -0.1) is 0 Å². The van der Waals surface area contributed by atoms with Crippen LogP contribution in [0, 0.1) is 23.2 Å². The van der Waals surface area contributed by atoms with Crippen molar-refractivity contribution in [1.82, 2.24) is 5.32 Å². The van der Waals surface area contributed by atoms with E-state index in [-0.39, 0.29) is 0 Å². The monoisotopic (exact) mass is 313 g/mol. The van der Waals surface area contributed by atoms with E-state index < -0.39 is 0 Å². The van der Waals surface area contributed by atoms with Gasteiger partial charge in [-0.2, -0.15) is 0 Å². The van der Waals surface area contributed by atoms with Crippen molar-refractivity contribution in [2.24, 2.45) is 23.2 Å². The summed E-state index contributed by atoms with van der Waals surface area (Å²) < 4.78 is 5.52. The number of hydrogen-bond donors (Lipinski definition) is 1. The molecule has 3 saturated carbocycles. The minimum atomic E-state index is 0.329. The Balaban J connectivity index is 1.48. The Kier molecular flexibility index (Phi) is 3.44. The van der Waals surface area contributed by atoms with E-state index in [1.54, 1.807) is 6.26 Å². The third kappa shape index (κ3) is 2.45. The summed E-state index contributed by atoms with van der Waals surface area (Å²) in [5, 5.41) is 3.73. The Hall–Kier alpha value is -1.51. The van der Waals surface area contributed by atoms with Crippen LogP contribution in [0.1, 0.15) is 52.2 Å². The second-order valence-electron chi connectivity index (χ2n) is 8.30. The molecule has 0 spiro atoms. The van der Waals surface area contributed by atoms with E-state index in [4.69, 9.17) is 4.42 Å². The molecule has 124 valence electrons. The molecule has 0 saturated heterocycles. The summed E-state index contributed by atoms with van der Waals surface area (Å²) >= 11 is 0. The van der Waals surface area contributed by atoms with Crippen molar-refractivity contribution in [3.63, 3.8) is 0 Å². The van der Waals surface area contributed by atoms with Crippen LogP contribution in [0.5, 0.6) is 0 Å². The van der Waals surface area contributed by atoms with Gasteiger partial charge in [0, 0.05) is 30.2 Å². The Morgan fingerprint density at radius 1 is 1.39 bits per heavy atom. The molecule has 3 heteroatoms. The largest absolute Gasteiger partial charge is 0.469 e. The van der Waals surface area contributed by atoms with Crippen LogP contribution in [0.4, 0.5) is 0 Å². The van der Waals surface area contributed by atoms with E-state index in [0.29, 0.717) is 35.0 Å². The summed E-state index contributed by atoms with van der Waals surface area (Å²) in [6.45, 7) is 6.72. The first-order valence-corrected chi connectivity index (χ1v) is 9.01. The summed E-state index contributed by atoms with van der Waals surface area (Å²) in [6.07, 6.45) is 7.21. The average Bonchev–Trinajstić information content (AvgIpc) is 3.04. The van der Waals surface area contributed by atoms with Crippen LogP contribution in [0.3, 0.4) is 0 Å². The van der Waals surface area contributed by atoms with Gasteiger partial charge in [0.2, 0.25) is 0 Å². The Morgan fingerprint density at radius 2 is 2.22 bits per heavy atom. The molecular weight excluding hydrogens is 286 g/mol. The standard InChI is InChI=1S/C20H27NO2/c1-12(18-17(22)11-15-19(18)20(15,2)3)21-16-8-4-6-13(16)10-14-7-5-9-23-14/h5,7,9,13,15-16,19,21H,4,6,8,10-11H2,1-3H3/t13?,15-,16?,19-/m1/s1. The normalized spacial score (nSPS) is 36.9. The molecule has 3 aliphatic rings. The Morgan fingerprint density at radius 3 is 2.91 bits per heavy atom. The highest BCUT2D eigenvalue weighted by atomic mass is 16.3. The molecule has 1 N–H and O–H groups in total. The SMILES string of the molecule is CC(NC1CCCC1Cc1ccco1)=C1C(=O)C[C@@H]2[C@H]1C2(C)C. The highest BCUT2D eigenvalue weighted by molar-refractivity contribution is 6.01. The molecule has 0 aliphatic heterocycles. The van der Waals surface area contributed by atoms with Gasteiger partial charge in [-0.3, -0.25) is 4.79 Å². The van der Waals surface area contributed by atoms with Gasteiger partial charge in [-0.25, -0.2) is 0 Å². The molecular formula is C20H27NO2. The van der Waals surface area contributed by atoms with E-state index in [0.717, 1.165) is 29.9 Å². The summed E-state index contributed by atoms with van der Waals surface area (Å²) in [6, 6.07) is 4.51. The first-order chi connectivity index (χ1) is 11.0. The fourth-order valence-corrected chi connectivity index (χ4v) is 5.14. The maximum atomic E-state index is 12.3. The van der Waals surface area contributed by atoms with Gasteiger partial charge in [-0.05, 0) is 55.1 Å². The molecule has 0 radical (unpaired) electrons. The van der Waals surface area contributed by atoms with Crippen molar-refractivity contribution >= 4 is 5.78 Å². The number of carbonyl (C=O) groups is 1. The molecule has 2 unspecified atom stereocenters. The number of furan rings is 1. The van der Waals surface area contributed by atoms with Crippen molar-refractivity contribution in [3.05, 3.63) is 35.4 Å². The molecule has 0 amide bonds. The number of allylic oxidation sites excluding steroid dienone is 2. The molecule has 4 rings (SSSR count). The molecule has 0 aromatic carbocycles. The minimum absolute atomic E-state index is 0.329. The van der Waals surface area contributed by atoms with Crippen LogP contribution in [-0.4, -0.2) is 11.8 Å². The maximum absolute atomic E-state index is 12.3. The van der Waals surface area contributed by atoms with Gasteiger partial charge in [0.05, 0.1) is 6.26 Å². The topological polar surface area (TPSA) is 42.2 Å². The molecule has 0 bridgehead atoms. The number of rotatable bonds is 4. The van der Waals surface area contributed by atoms with E-state index in [1.807, 2.05) is 6.07 Å². The minimum Gasteiger partial charge on any atom is -0.469 e. The van der Waals surface area contributed by atoms with Crippen molar-refractivity contribution in [2.75, 3.05) is 0 Å². The fourth-order valence-electron chi connectivity index (χ4n) is 5.14. The molecule has 23 heavy (non-hydrogen) atoms. The molecule has 3 aliphatic carbocycles.